The summed E-state index contributed by atoms with van der Waals surface area (Å²) in [4.78, 5) is -0.100. The highest BCUT2D eigenvalue weighted by atomic mass is 32.3. The molecule has 7 heteroatoms. The minimum Gasteiger partial charge on any atom is -0.432 e. The third kappa shape index (κ3) is 7.06. The maximum atomic E-state index is 11.9. The lowest BCUT2D eigenvalue weighted by molar-refractivity contribution is 0.586. The summed E-state index contributed by atoms with van der Waals surface area (Å²) in [6, 6.07) is 7.38. The monoisotopic (exact) mass is 332 g/mol. The first-order valence-corrected chi connectivity index (χ1v) is 10.2. The molecular weight excluding hydrogens is 310 g/mol. The summed E-state index contributed by atoms with van der Waals surface area (Å²) in [7, 11) is -8.08. The molecule has 0 radical (unpaired) electrons. The smallest absolute Gasteiger partial charge is 0.112 e. The molecule has 0 saturated carbocycles. The molecule has 0 fully saturated rings. The number of unbranched alkanes of at least 4 members (excludes halogenated alkanes) is 5. The molecule has 1 rings (SSSR count). The van der Waals surface area contributed by atoms with Gasteiger partial charge in [-0.3, -0.25) is 0 Å². The van der Waals surface area contributed by atoms with Gasteiger partial charge in [0.25, 0.3) is 0 Å². The van der Waals surface area contributed by atoms with Crippen LogP contribution >= 0.6 is 0 Å². The van der Waals surface area contributed by atoms with Gasteiger partial charge in [-0.2, -0.15) is 0 Å². The first kappa shape index (κ1) is 18.1. The van der Waals surface area contributed by atoms with Crippen molar-refractivity contribution in [3.05, 3.63) is 34.5 Å². The zero-order valence-corrected chi connectivity index (χ0v) is 13.9. The number of rotatable bonds is 10. The second-order valence-electron chi connectivity index (χ2n) is 4.92. The third-order valence-electron chi connectivity index (χ3n) is 3.01. The lowest BCUT2D eigenvalue weighted by atomic mass is 10.1. The molecule has 21 heavy (non-hydrogen) atoms. The second kappa shape index (κ2) is 8.51. The second-order valence-corrected chi connectivity index (χ2v) is 8.51. The highest BCUT2D eigenvalue weighted by Gasteiger charge is 2.10. The van der Waals surface area contributed by atoms with Crippen LogP contribution in [0.25, 0.3) is 4.13 Å². The molecule has 1 aromatic rings. The molecule has 0 heterocycles. The molecule has 0 unspecified atom stereocenters. The fourth-order valence-electron chi connectivity index (χ4n) is 1.89. The molecule has 0 bridgehead atoms. The van der Waals surface area contributed by atoms with E-state index in [-0.39, 0.29) is 10.6 Å². The Morgan fingerprint density at radius 1 is 0.857 bits per heavy atom. The molecule has 0 aromatic heterocycles. The SMILES string of the molecule is CCCCCCCCS(=O)(=O)[N-]S(=O)(=O)c1ccccc1. The topological polar surface area (TPSA) is 82.4 Å². The molecule has 0 spiro atoms. The van der Waals surface area contributed by atoms with Crippen molar-refractivity contribution in [1.82, 2.24) is 0 Å². The van der Waals surface area contributed by atoms with Crippen LogP contribution in [0.5, 0.6) is 0 Å². The zero-order valence-electron chi connectivity index (χ0n) is 12.2. The quantitative estimate of drug-likeness (QED) is 0.614. The van der Waals surface area contributed by atoms with Crippen LogP contribution in [0.3, 0.4) is 0 Å². The van der Waals surface area contributed by atoms with E-state index in [1.165, 1.54) is 24.3 Å². The first-order valence-electron chi connectivity index (χ1n) is 7.14. The lowest BCUT2D eigenvalue weighted by Crippen LogP contribution is -2.11. The zero-order chi connectivity index (χ0) is 15.8. The Hall–Kier alpha value is -0.920. The number of hydrogen-bond acceptors (Lipinski definition) is 4. The first-order chi connectivity index (χ1) is 9.87. The van der Waals surface area contributed by atoms with Crippen molar-refractivity contribution in [2.45, 2.75) is 50.3 Å². The van der Waals surface area contributed by atoms with Gasteiger partial charge in [0.2, 0.25) is 0 Å². The predicted octanol–water partition coefficient (Wildman–Crippen LogP) is 3.44. The van der Waals surface area contributed by atoms with Crippen LogP contribution in [0.15, 0.2) is 35.2 Å². The fraction of sp³-hybridized carbons (Fsp3) is 0.571. The van der Waals surface area contributed by atoms with Crippen molar-refractivity contribution < 1.29 is 16.8 Å². The van der Waals surface area contributed by atoms with Crippen LogP contribution in [0.2, 0.25) is 0 Å². The van der Waals surface area contributed by atoms with E-state index >= 15 is 0 Å². The van der Waals surface area contributed by atoms with Gasteiger partial charge < -0.3 is 4.13 Å². The van der Waals surface area contributed by atoms with Gasteiger partial charge in [-0.1, -0.05) is 57.2 Å². The Morgan fingerprint density at radius 2 is 1.43 bits per heavy atom. The molecule has 5 nitrogen and oxygen atoms in total. The number of hydrogen-bond donors (Lipinski definition) is 0. The van der Waals surface area contributed by atoms with E-state index in [0.29, 0.717) is 6.42 Å². The molecule has 0 aliphatic carbocycles. The summed E-state index contributed by atoms with van der Waals surface area (Å²) in [6.07, 6.45) is 5.53. The van der Waals surface area contributed by atoms with Crippen molar-refractivity contribution in [2.24, 2.45) is 0 Å². The van der Waals surface area contributed by atoms with Crippen LogP contribution < -0.4 is 0 Å². The van der Waals surface area contributed by atoms with Crippen LogP contribution in [0.4, 0.5) is 0 Å². The molecule has 0 N–H and O–H groups in total. The highest BCUT2D eigenvalue weighted by molar-refractivity contribution is 8.12. The van der Waals surface area contributed by atoms with E-state index in [1.54, 1.807) is 6.07 Å². The van der Waals surface area contributed by atoms with E-state index < -0.39 is 20.0 Å². The number of benzene rings is 1. The van der Waals surface area contributed by atoms with Crippen LogP contribution in [0.1, 0.15) is 45.4 Å². The van der Waals surface area contributed by atoms with Crippen molar-refractivity contribution in [3.63, 3.8) is 0 Å². The van der Waals surface area contributed by atoms with Gasteiger partial charge in [0.05, 0.1) is 10.0 Å². The van der Waals surface area contributed by atoms with Gasteiger partial charge in [0, 0.05) is 10.6 Å². The summed E-state index contributed by atoms with van der Waals surface area (Å²) < 4.78 is 50.4. The molecule has 0 saturated heterocycles. The van der Waals surface area contributed by atoms with E-state index in [1.807, 2.05) is 0 Å². The average Bonchev–Trinajstić information content (AvgIpc) is 2.42. The Kier molecular flexibility index (Phi) is 7.34. The Bertz CT molecular complexity index is 610. The van der Waals surface area contributed by atoms with Crippen molar-refractivity contribution in [3.8, 4) is 0 Å². The van der Waals surface area contributed by atoms with Crippen LogP contribution in [-0.4, -0.2) is 22.6 Å². The van der Waals surface area contributed by atoms with Crippen molar-refractivity contribution in [1.29, 1.82) is 0 Å². The van der Waals surface area contributed by atoms with E-state index in [4.69, 9.17) is 0 Å². The van der Waals surface area contributed by atoms with Gasteiger partial charge in [-0.05, 0) is 18.6 Å². The molecule has 0 aliphatic heterocycles. The van der Waals surface area contributed by atoms with Gasteiger partial charge in [0.1, 0.15) is 10.0 Å². The minimum atomic E-state index is -4.13. The Balaban J connectivity index is 2.49. The van der Waals surface area contributed by atoms with E-state index in [0.717, 1.165) is 32.1 Å². The van der Waals surface area contributed by atoms with Gasteiger partial charge in [0.15, 0.2) is 0 Å². The maximum Gasteiger partial charge on any atom is 0.112 e. The van der Waals surface area contributed by atoms with E-state index in [9.17, 15) is 16.8 Å². The van der Waals surface area contributed by atoms with Gasteiger partial charge in [-0.25, -0.2) is 16.8 Å². The maximum absolute atomic E-state index is 11.9. The van der Waals surface area contributed by atoms with Crippen molar-refractivity contribution >= 4 is 20.0 Å². The average molecular weight is 332 g/mol. The molecule has 0 amide bonds. The van der Waals surface area contributed by atoms with Gasteiger partial charge >= 0.3 is 0 Å². The number of nitrogens with zero attached hydrogens (tertiary/aromatic N) is 1. The van der Waals surface area contributed by atoms with Crippen LogP contribution in [-0.2, 0) is 20.0 Å². The van der Waals surface area contributed by atoms with E-state index in [2.05, 4.69) is 11.1 Å². The minimum absolute atomic E-state index is 0.100. The molecule has 0 atom stereocenters. The summed E-state index contributed by atoms with van der Waals surface area (Å²) in [5.41, 5.74) is 0. The fourth-order valence-corrected chi connectivity index (χ4v) is 4.80. The summed E-state index contributed by atoms with van der Waals surface area (Å²) in [5, 5.41) is 0. The van der Waals surface area contributed by atoms with Gasteiger partial charge in [-0.15, -0.1) is 0 Å². The standard InChI is InChI=1S/C14H22NO4S2/c1-2-3-4-5-6-10-13-20(16,17)15-21(18,19)14-11-8-7-9-12-14/h7-9,11-12H,2-6,10,13H2,1H3/q-1. The lowest BCUT2D eigenvalue weighted by Gasteiger charge is -2.20. The molecule has 1 aromatic carbocycles. The largest absolute Gasteiger partial charge is 0.432 e. The Labute approximate surface area is 127 Å². The molecule has 120 valence electrons. The Morgan fingerprint density at radius 3 is 2.05 bits per heavy atom. The summed E-state index contributed by atoms with van der Waals surface area (Å²) >= 11 is 0. The highest BCUT2D eigenvalue weighted by Crippen LogP contribution is 2.21. The predicted molar refractivity (Wildman–Crippen MR) is 84.1 cm³/mol. The number of sulfonamides is 2. The summed E-state index contributed by atoms with van der Waals surface area (Å²) in [5.74, 6) is -0.217. The van der Waals surface area contributed by atoms with Crippen LogP contribution in [0, 0.1) is 0 Å². The molecule has 0 aliphatic rings. The molecular formula is C14H22NO4S2-. The summed E-state index contributed by atoms with van der Waals surface area (Å²) in [6.45, 7) is 2.11. The third-order valence-corrected chi connectivity index (χ3v) is 6.37. The van der Waals surface area contributed by atoms with Crippen molar-refractivity contribution in [2.75, 3.05) is 5.75 Å². The normalized spacial score (nSPS) is 12.4.